The number of nitrogens with one attached hydrogen (secondary N) is 1. The fourth-order valence-electron chi connectivity index (χ4n) is 2.84. The number of rotatable bonds is 6. The van der Waals surface area contributed by atoms with E-state index >= 15 is 0 Å². The standard InChI is InChI=1S/C22H21NO4/c1-15(22(25)23-18-10-6-11-19(14-18)26-2)27-21(24)13-17-9-5-8-16-7-3-4-12-20(16)17/h3-12,14-15H,13H2,1-2H3,(H,23,25)/t15-/m1/s1. The molecule has 0 aliphatic heterocycles. The molecule has 0 bridgehead atoms. The lowest BCUT2D eigenvalue weighted by Gasteiger charge is -2.14. The molecule has 1 atom stereocenters. The number of amides is 1. The minimum Gasteiger partial charge on any atom is -0.497 e. The number of carbonyl (C=O) groups excluding carboxylic acids is 2. The van der Waals surface area contributed by atoms with Crippen LogP contribution in [0.4, 0.5) is 5.69 Å². The number of fused-ring (bicyclic) bond motifs is 1. The van der Waals surface area contributed by atoms with E-state index in [1.165, 1.54) is 0 Å². The predicted molar refractivity (Wildman–Crippen MR) is 105 cm³/mol. The number of hydrogen-bond acceptors (Lipinski definition) is 4. The molecule has 3 aromatic carbocycles. The van der Waals surface area contributed by atoms with Gasteiger partial charge in [-0.3, -0.25) is 9.59 Å². The predicted octanol–water partition coefficient (Wildman–Crippen LogP) is 3.96. The summed E-state index contributed by atoms with van der Waals surface area (Å²) >= 11 is 0. The topological polar surface area (TPSA) is 64.6 Å². The minimum atomic E-state index is -0.904. The molecule has 27 heavy (non-hydrogen) atoms. The lowest BCUT2D eigenvalue weighted by Crippen LogP contribution is -2.30. The van der Waals surface area contributed by atoms with Crippen LogP contribution >= 0.6 is 0 Å². The van der Waals surface area contributed by atoms with Crippen LogP contribution < -0.4 is 10.1 Å². The molecule has 138 valence electrons. The molecule has 0 saturated carbocycles. The van der Waals surface area contributed by atoms with Crippen molar-refractivity contribution in [3.8, 4) is 5.75 Å². The Balaban J connectivity index is 1.62. The van der Waals surface area contributed by atoms with Crippen molar-refractivity contribution in [2.24, 2.45) is 0 Å². The summed E-state index contributed by atoms with van der Waals surface area (Å²) < 4.78 is 10.4. The van der Waals surface area contributed by atoms with E-state index in [1.807, 2.05) is 42.5 Å². The van der Waals surface area contributed by atoms with E-state index in [9.17, 15) is 9.59 Å². The Labute approximate surface area is 157 Å². The van der Waals surface area contributed by atoms with E-state index in [4.69, 9.17) is 9.47 Å². The maximum Gasteiger partial charge on any atom is 0.311 e. The molecule has 0 radical (unpaired) electrons. The van der Waals surface area contributed by atoms with Gasteiger partial charge in [0.05, 0.1) is 13.5 Å². The molecule has 0 unspecified atom stereocenters. The van der Waals surface area contributed by atoms with Gasteiger partial charge >= 0.3 is 5.97 Å². The monoisotopic (exact) mass is 363 g/mol. The third-order valence-corrected chi connectivity index (χ3v) is 4.23. The summed E-state index contributed by atoms with van der Waals surface area (Å²) in [4.78, 5) is 24.6. The van der Waals surface area contributed by atoms with Crippen LogP contribution in [0.1, 0.15) is 12.5 Å². The number of benzene rings is 3. The smallest absolute Gasteiger partial charge is 0.311 e. The molecule has 5 nitrogen and oxygen atoms in total. The van der Waals surface area contributed by atoms with Crippen LogP contribution in [-0.2, 0) is 20.7 Å². The molecule has 1 amide bonds. The number of esters is 1. The van der Waals surface area contributed by atoms with Crippen molar-refractivity contribution in [3.05, 3.63) is 72.3 Å². The summed E-state index contributed by atoms with van der Waals surface area (Å²) in [6, 6.07) is 20.6. The molecule has 0 aliphatic rings. The molecular weight excluding hydrogens is 342 g/mol. The van der Waals surface area contributed by atoms with Crippen LogP contribution in [0, 0.1) is 0 Å². The zero-order chi connectivity index (χ0) is 19.2. The molecule has 0 fully saturated rings. The highest BCUT2D eigenvalue weighted by Gasteiger charge is 2.19. The summed E-state index contributed by atoms with van der Waals surface area (Å²) in [6.45, 7) is 1.55. The van der Waals surface area contributed by atoms with Crippen LogP contribution in [0.3, 0.4) is 0 Å². The fourth-order valence-corrected chi connectivity index (χ4v) is 2.84. The zero-order valence-corrected chi connectivity index (χ0v) is 15.3. The van der Waals surface area contributed by atoms with Crippen LogP contribution in [0.25, 0.3) is 10.8 Å². The Bertz CT molecular complexity index is 962. The molecule has 3 aromatic rings. The number of carbonyl (C=O) groups is 2. The van der Waals surface area contributed by atoms with E-state index in [1.54, 1.807) is 38.3 Å². The van der Waals surface area contributed by atoms with Gasteiger partial charge in [-0.15, -0.1) is 0 Å². The van der Waals surface area contributed by atoms with Crippen molar-refractivity contribution in [2.45, 2.75) is 19.4 Å². The highest BCUT2D eigenvalue weighted by molar-refractivity contribution is 5.95. The second-order valence-corrected chi connectivity index (χ2v) is 6.17. The van der Waals surface area contributed by atoms with E-state index in [0.717, 1.165) is 16.3 Å². The van der Waals surface area contributed by atoms with Crippen LogP contribution in [0.15, 0.2) is 66.7 Å². The largest absolute Gasteiger partial charge is 0.497 e. The quantitative estimate of drug-likeness (QED) is 0.673. The zero-order valence-electron chi connectivity index (χ0n) is 15.3. The second-order valence-electron chi connectivity index (χ2n) is 6.17. The Morgan fingerprint density at radius 1 is 1.00 bits per heavy atom. The van der Waals surface area contributed by atoms with Crippen molar-refractivity contribution in [2.75, 3.05) is 12.4 Å². The van der Waals surface area contributed by atoms with Crippen molar-refractivity contribution in [3.63, 3.8) is 0 Å². The van der Waals surface area contributed by atoms with Gasteiger partial charge in [0.15, 0.2) is 6.10 Å². The van der Waals surface area contributed by atoms with Gasteiger partial charge < -0.3 is 14.8 Å². The van der Waals surface area contributed by atoms with Gasteiger partial charge in [0.2, 0.25) is 0 Å². The molecule has 1 N–H and O–H groups in total. The number of anilines is 1. The summed E-state index contributed by atoms with van der Waals surface area (Å²) in [5.74, 6) is -0.206. The highest BCUT2D eigenvalue weighted by atomic mass is 16.5. The molecule has 0 aliphatic carbocycles. The average Bonchev–Trinajstić information content (AvgIpc) is 2.68. The van der Waals surface area contributed by atoms with Crippen LogP contribution in [-0.4, -0.2) is 25.1 Å². The Kier molecular flexibility index (Phi) is 5.71. The minimum absolute atomic E-state index is 0.109. The first-order valence-electron chi connectivity index (χ1n) is 8.68. The SMILES string of the molecule is COc1cccc(NC(=O)[C@@H](C)OC(=O)Cc2cccc3ccccc23)c1. The van der Waals surface area contributed by atoms with Gasteiger partial charge in [0.25, 0.3) is 5.91 Å². The summed E-state index contributed by atoms with van der Waals surface area (Å²) in [5.41, 5.74) is 1.45. The van der Waals surface area contributed by atoms with Crippen molar-refractivity contribution in [1.82, 2.24) is 0 Å². The Hall–Kier alpha value is -3.34. The number of ether oxygens (including phenoxy) is 2. The van der Waals surface area contributed by atoms with Crippen molar-refractivity contribution in [1.29, 1.82) is 0 Å². The average molecular weight is 363 g/mol. The van der Waals surface area contributed by atoms with Crippen LogP contribution in [0.5, 0.6) is 5.75 Å². The first kappa shape index (κ1) is 18.5. The third-order valence-electron chi connectivity index (χ3n) is 4.23. The summed E-state index contributed by atoms with van der Waals surface area (Å²) in [5, 5.41) is 4.79. The van der Waals surface area contributed by atoms with Gasteiger partial charge in [-0.25, -0.2) is 0 Å². The van der Waals surface area contributed by atoms with Gasteiger partial charge in [-0.1, -0.05) is 48.5 Å². The molecule has 0 spiro atoms. The molecule has 3 rings (SSSR count). The number of hydrogen-bond donors (Lipinski definition) is 1. The summed E-state index contributed by atoms with van der Waals surface area (Å²) in [7, 11) is 1.55. The normalized spacial score (nSPS) is 11.6. The van der Waals surface area contributed by atoms with Gasteiger partial charge in [-0.05, 0) is 35.4 Å². The van der Waals surface area contributed by atoms with Crippen molar-refractivity contribution < 1.29 is 19.1 Å². The lowest BCUT2D eigenvalue weighted by molar-refractivity contribution is -0.152. The lowest BCUT2D eigenvalue weighted by atomic mass is 10.0. The Morgan fingerprint density at radius 2 is 1.74 bits per heavy atom. The second kappa shape index (κ2) is 8.36. The van der Waals surface area contributed by atoms with E-state index in [-0.39, 0.29) is 6.42 Å². The molecular formula is C22H21NO4. The van der Waals surface area contributed by atoms with E-state index < -0.39 is 18.0 Å². The first-order chi connectivity index (χ1) is 13.1. The maximum atomic E-state index is 12.3. The van der Waals surface area contributed by atoms with Crippen molar-refractivity contribution >= 4 is 28.3 Å². The Morgan fingerprint density at radius 3 is 2.56 bits per heavy atom. The first-order valence-corrected chi connectivity index (χ1v) is 8.68. The van der Waals surface area contributed by atoms with Gasteiger partial charge in [0, 0.05) is 11.8 Å². The van der Waals surface area contributed by atoms with E-state index in [0.29, 0.717) is 11.4 Å². The summed E-state index contributed by atoms with van der Waals surface area (Å²) in [6.07, 6.45) is -0.795. The molecule has 0 heterocycles. The van der Waals surface area contributed by atoms with Gasteiger partial charge in [-0.2, -0.15) is 0 Å². The van der Waals surface area contributed by atoms with Gasteiger partial charge in [0.1, 0.15) is 5.75 Å². The molecule has 5 heteroatoms. The van der Waals surface area contributed by atoms with E-state index in [2.05, 4.69) is 5.32 Å². The van der Waals surface area contributed by atoms with Crippen LogP contribution in [0.2, 0.25) is 0 Å². The molecule has 0 saturated heterocycles. The maximum absolute atomic E-state index is 12.3. The highest BCUT2D eigenvalue weighted by Crippen LogP contribution is 2.20. The fraction of sp³-hybridized carbons (Fsp3) is 0.182. The number of methoxy groups -OCH3 is 1. The third kappa shape index (κ3) is 4.64. The molecule has 0 aromatic heterocycles.